The molecule has 0 unspecified atom stereocenters. The molecule has 2 atom stereocenters. The lowest BCUT2D eigenvalue weighted by atomic mass is 9.97. The van der Waals surface area contributed by atoms with Crippen LogP contribution in [0.3, 0.4) is 0 Å². The van der Waals surface area contributed by atoms with Gasteiger partial charge in [-0.1, -0.05) is 41.9 Å². The smallest absolute Gasteiger partial charge is 0.362 e. The van der Waals surface area contributed by atoms with Crippen molar-refractivity contribution in [1.29, 1.82) is 0 Å². The average Bonchev–Trinajstić information content (AvgIpc) is 3.25. The zero-order chi connectivity index (χ0) is 22.3. The number of alkyl halides is 3. The first-order valence-corrected chi connectivity index (χ1v) is 9.96. The van der Waals surface area contributed by atoms with Gasteiger partial charge in [-0.3, -0.25) is 9.48 Å². The summed E-state index contributed by atoms with van der Waals surface area (Å²) in [5.74, 6) is -0.680. The topological polar surface area (TPSA) is 76.8 Å². The Hall–Kier alpha value is -3.01. The summed E-state index contributed by atoms with van der Waals surface area (Å²) >= 11 is 6.33. The largest absolute Gasteiger partial charge is 0.410 e. The molecule has 2 aromatic heterocycles. The number of fused-ring (bicyclic) bond motifs is 1. The molecule has 31 heavy (non-hydrogen) atoms. The molecule has 2 N–H and O–H groups in total. The van der Waals surface area contributed by atoms with Gasteiger partial charge < -0.3 is 10.6 Å². The van der Waals surface area contributed by atoms with Crippen LogP contribution in [0.2, 0.25) is 5.02 Å². The summed E-state index contributed by atoms with van der Waals surface area (Å²) in [5, 5.41) is 13.6. The van der Waals surface area contributed by atoms with E-state index >= 15 is 0 Å². The number of halogens is 4. The Kier molecular flexibility index (Phi) is 5.42. The van der Waals surface area contributed by atoms with E-state index in [1.165, 1.54) is 0 Å². The number of anilines is 1. The van der Waals surface area contributed by atoms with Crippen molar-refractivity contribution in [2.45, 2.75) is 38.1 Å². The number of amides is 1. The summed E-state index contributed by atoms with van der Waals surface area (Å²) < 4.78 is 43.9. The second-order valence-corrected chi connectivity index (χ2v) is 7.80. The van der Waals surface area contributed by atoms with Crippen molar-refractivity contribution in [3.63, 3.8) is 0 Å². The Balaban J connectivity index is 1.63. The van der Waals surface area contributed by atoms with E-state index in [4.69, 9.17) is 11.6 Å². The summed E-state index contributed by atoms with van der Waals surface area (Å²) in [7, 11) is 1.77. The number of benzene rings is 1. The number of carbonyl (C=O) groups excluding carboxylic acids is 1. The predicted molar refractivity (Wildman–Crippen MR) is 109 cm³/mol. The van der Waals surface area contributed by atoms with Crippen LogP contribution in [0, 0.1) is 6.92 Å². The molecule has 7 nitrogen and oxygen atoms in total. The summed E-state index contributed by atoms with van der Waals surface area (Å²) in [4.78, 5) is 12.7. The molecule has 164 valence electrons. The van der Waals surface area contributed by atoms with Crippen molar-refractivity contribution in [3.05, 3.63) is 64.1 Å². The van der Waals surface area contributed by atoms with Gasteiger partial charge in [0.2, 0.25) is 0 Å². The second-order valence-electron chi connectivity index (χ2n) is 7.42. The molecule has 1 aromatic carbocycles. The molecule has 1 aliphatic heterocycles. The zero-order valence-electron chi connectivity index (χ0n) is 16.7. The van der Waals surface area contributed by atoms with Gasteiger partial charge in [-0.05, 0) is 12.5 Å². The highest BCUT2D eigenvalue weighted by molar-refractivity contribution is 6.36. The van der Waals surface area contributed by atoms with Gasteiger partial charge in [-0.2, -0.15) is 23.4 Å². The third-order valence-electron chi connectivity index (χ3n) is 5.49. The predicted octanol–water partition coefficient (Wildman–Crippen LogP) is 4.17. The first kappa shape index (κ1) is 21.2. The highest BCUT2D eigenvalue weighted by atomic mass is 35.5. The van der Waals surface area contributed by atoms with Crippen LogP contribution in [-0.2, 0) is 13.6 Å². The minimum atomic E-state index is -4.56. The maximum Gasteiger partial charge on any atom is 0.410 e. The summed E-state index contributed by atoms with van der Waals surface area (Å²) in [6.45, 7) is 2.00. The molecular formula is C20H20ClF3N6O. The lowest BCUT2D eigenvalue weighted by molar-refractivity contribution is -0.173. The number of aryl methyl sites for hydroxylation is 1. The quantitative estimate of drug-likeness (QED) is 0.623. The van der Waals surface area contributed by atoms with Crippen molar-refractivity contribution in [2.24, 2.45) is 7.05 Å². The molecule has 0 radical (unpaired) electrons. The number of nitrogens with zero attached hydrogens (tertiary/aromatic N) is 4. The fourth-order valence-corrected chi connectivity index (χ4v) is 3.88. The van der Waals surface area contributed by atoms with E-state index in [1.54, 1.807) is 48.3 Å². The molecule has 0 bridgehead atoms. The molecule has 1 aliphatic rings. The Labute approximate surface area is 181 Å². The number of carbonyl (C=O) groups is 1. The van der Waals surface area contributed by atoms with Crippen LogP contribution in [0.4, 0.5) is 19.0 Å². The van der Waals surface area contributed by atoms with Crippen LogP contribution in [0.5, 0.6) is 0 Å². The van der Waals surface area contributed by atoms with E-state index in [2.05, 4.69) is 20.8 Å². The number of rotatable bonds is 4. The third-order valence-corrected chi connectivity index (χ3v) is 5.85. The van der Waals surface area contributed by atoms with E-state index in [0.717, 1.165) is 15.9 Å². The minimum Gasteiger partial charge on any atom is -0.362 e. The third kappa shape index (κ3) is 3.99. The average molecular weight is 453 g/mol. The maximum absolute atomic E-state index is 13.8. The van der Waals surface area contributed by atoms with Gasteiger partial charge in [0.25, 0.3) is 5.91 Å². The minimum absolute atomic E-state index is 0.0215. The Morgan fingerprint density at radius 3 is 2.65 bits per heavy atom. The lowest BCUT2D eigenvalue weighted by Gasteiger charge is -2.33. The van der Waals surface area contributed by atoms with Crippen molar-refractivity contribution < 1.29 is 18.0 Å². The van der Waals surface area contributed by atoms with Gasteiger partial charge in [-0.25, -0.2) is 4.68 Å². The van der Waals surface area contributed by atoms with E-state index in [1.807, 2.05) is 6.92 Å². The van der Waals surface area contributed by atoms with E-state index in [-0.39, 0.29) is 29.5 Å². The monoisotopic (exact) mass is 452 g/mol. The lowest BCUT2D eigenvalue weighted by Crippen LogP contribution is -2.35. The SMILES string of the molecule is Cc1c(CNC(=O)c2nn3c(c2Cl)N[C@H](c2ccccc2)C[C@@H]3C(F)(F)F)cnn1C. The van der Waals surface area contributed by atoms with Gasteiger partial charge in [0.05, 0.1) is 12.2 Å². The Morgan fingerprint density at radius 2 is 2.03 bits per heavy atom. The van der Waals surface area contributed by atoms with Gasteiger partial charge in [0.15, 0.2) is 11.7 Å². The summed E-state index contributed by atoms with van der Waals surface area (Å²) in [6.07, 6.45) is -3.21. The second kappa shape index (κ2) is 7.92. The maximum atomic E-state index is 13.8. The van der Waals surface area contributed by atoms with Gasteiger partial charge in [0, 0.05) is 31.3 Å². The molecule has 1 amide bonds. The van der Waals surface area contributed by atoms with Crippen LogP contribution in [0.1, 0.15) is 45.8 Å². The highest BCUT2D eigenvalue weighted by Crippen LogP contribution is 2.46. The fraction of sp³-hybridized carbons (Fsp3) is 0.350. The molecule has 3 heterocycles. The standard InChI is InChI=1S/C20H20ClF3N6O/c1-11-13(10-26-29(11)2)9-25-19(31)17-16(21)18-27-14(12-6-4-3-5-7-12)8-15(20(22,23)24)30(18)28-17/h3-7,10,14-15,27H,8-9H2,1-2H3,(H,25,31)/t14-,15+/m0/s1. The van der Waals surface area contributed by atoms with Crippen molar-refractivity contribution >= 4 is 23.3 Å². The number of aromatic nitrogens is 4. The molecular weight excluding hydrogens is 433 g/mol. The highest BCUT2D eigenvalue weighted by Gasteiger charge is 2.47. The Morgan fingerprint density at radius 1 is 1.32 bits per heavy atom. The number of nitrogens with one attached hydrogen (secondary N) is 2. The first-order chi connectivity index (χ1) is 14.7. The normalized spacial score (nSPS) is 18.4. The number of hydrogen-bond acceptors (Lipinski definition) is 4. The molecule has 0 fully saturated rings. The first-order valence-electron chi connectivity index (χ1n) is 9.58. The summed E-state index contributed by atoms with van der Waals surface area (Å²) in [6, 6.07) is 6.26. The number of hydrogen-bond donors (Lipinski definition) is 2. The van der Waals surface area contributed by atoms with Gasteiger partial charge in [-0.15, -0.1) is 0 Å². The van der Waals surface area contributed by atoms with Crippen LogP contribution in [-0.4, -0.2) is 31.6 Å². The van der Waals surface area contributed by atoms with Gasteiger partial charge in [0.1, 0.15) is 10.8 Å². The van der Waals surface area contributed by atoms with Crippen molar-refractivity contribution in [2.75, 3.05) is 5.32 Å². The van der Waals surface area contributed by atoms with Crippen molar-refractivity contribution in [3.8, 4) is 0 Å². The fourth-order valence-electron chi connectivity index (χ4n) is 3.62. The van der Waals surface area contributed by atoms with Crippen LogP contribution >= 0.6 is 11.6 Å². The molecule has 3 aromatic rings. The van der Waals surface area contributed by atoms with Gasteiger partial charge >= 0.3 is 6.18 Å². The van der Waals surface area contributed by atoms with Crippen LogP contribution < -0.4 is 10.6 Å². The van der Waals surface area contributed by atoms with Crippen molar-refractivity contribution in [1.82, 2.24) is 24.9 Å². The Bertz CT molecular complexity index is 1110. The zero-order valence-corrected chi connectivity index (χ0v) is 17.5. The summed E-state index contributed by atoms with van der Waals surface area (Å²) in [5.41, 5.74) is 2.08. The molecule has 11 heteroatoms. The molecule has 0 aliphatic carbocycles. The molecule has 4 rings (SSSR count). The molecule has 0 saturated carbocycles. The van der Waals surface area contributed by atoms with Crippen LogP contribution in [0.25, 0.3) is 0 Å². The van der Waals surface area contributed by atoms with Crippen LogP contribution in [0.15, 0.2) is 36.5 Å². The van der Waals surface area contributed by atoms with E-state index in [0.29, 0.717) is 5.56 Å². The molecule has 0 saturated heterocycles. The van der Waals surface area contributed by atoms with E-state index in [9.17, 15) is 18.0 Å². The molecule has 0 spiro atoms. The van der Waals surface area contributed by atoms with E-state index < -0.39 is 24.2 Å².